The summed E-state index contributed by atoms with van der Waals surface area (Å²) in [6.07, 6.45) is 0. The third-order valence-corrected chi connectivity index (χ3v) is 8.43. The van der Waals surface area contributed by atoms with Crippen LogP contribution in [-0.2, 0) is 0 Å². The van der Waals surface area contributed by atoms with Crippen LogP contribution in [0.15, 0.2) is 170 Å². The van der Waals surface area contributed by atoms with E-state index in [0.29, 0.717) is 0 Å². The van der Waals surface area contributed by atoms with Gasteiger partial charge in [-0.2, -0.15) is 0 Å². The summed E-state index contributed by atoms with van der Waals surface area (Å²) < 4.78 is 0. The number of hydrogen-bond acceptors (Lipinski definition) is 0. The summed E-state index contributed by atoms with van der Waals surface area (Å²) in [5.74, 6) is 0. The first-order valence-corrected chi connectivity index (χ1v) is 14.5. The Labute approximate surface area is 344 Å². The molecule has 8 rings (SSSR count). The molecular formula is C42H28K2. The van der Waals surface area contributed by atoms with E-state index in [2.05, 4.69) is 170 Å². The van der Waals surface area contributed by atoms with Gasteiger partial charge in [-0.05, 0) is 76.8 Å². The summed E-state index contributed by atoms with van der Waals surface area (Å²) in [6.45, 7) is 0. The smallest absolute Gasteiger partial charge is 0 e. The van der Waals surface area contributed by atoms with Crippen LogP contribution in [-0.4, -0.2) is 103 Å². The maximum absolute atomic E-state index is 2.30. The van der Waals surface area contributed by atoms with E-state index >= 15 is 0 Å². The van der Waals surface area contributed by atoms with E-state index in [-0.39, 0.29) is 103 Å². The van der Waals surface area contributed by atoms with Crippen molar-refractivity contribution in [3.63, 3.8) is 0 Å². The fourth-order valence-corrected chi connectivity index (χ4v) is 6.75. The number of fused-ring (bicyclic) bond motifs is 3. The van der Waals surface area contributed by atoms with Crippen LogP contribution in [0.1, 0.15) is 0 Å². The van der Waals surface area contributed by atoms with E-state index in [1.807, 2.05) is 0 Å². The van der Waals surface area contributed by atoms with Gasteiger partial charge in [0, 0.05) is 103 Å². The van der Waals surface area contributed by atoms with Gasteiger partial charge in [-0.3, -0.25) is 0 Å². The molecule has 8 aromatic rings. The molecule has 0 aromatic heterocycles. The van der Waals surface area contributed by atoms with E-state index in [4.69, 9.17) is 0 Å². The fourth-order valence-electron chi connectivity index (χ4n) is 6.75. The van der Waals surface area contributed by atoms with Crippen LogP contribution in [0.25, 0.3) is 76.8 Å². The molecule has 0 unspecified atom stereocenters. The van der Waals surface area contributed by atoms with Crippen molar-refractivity contribution < 1.29 is 0 Å². The van der Waals surface area contributed by atoms with Gasteiger partial charge in [0.2, 0.25) is 0 Å². The molecule has 0 aliphatic rings. The third-order valence-electron chi connectivity index (χ3n) is 8.43. The standard InChI is InChI=1S/C42H28.2K/c1-5-17-29(18-6-1)37-33-25-13-14-26-34(33)39(31-21-9-3-10-22-31)42-40(32-23-11-4-12-24-32)36-28-16-15-27-35(36)38(41(37)42)30-19-7-2-8-20-30;;/h1-28H;;. The second-order valence-corrected chi connectivity index (χ2v) is 10.8. The van der Waals surface area contributed by atoms with Crippen LogP contribution >= 0.6 is 0 Å². The van der Waals surface area contributed by atoms with Crippen molar-refractivity contribution in [1.29, 1.82) is 0 Å². The Morgan fingerprint density at radius 2 is 0.386 bits per heavy atom. The zero-order valence-electron chi connectivity index (χ0n) is 25.2. The SMILES string of the molecule is [K].[K].c1ccc(-c2c3ccccc3c(-c3ccccc3)c3c(-c4ccccc4)c4ccccc4c(-c4ccccc4)c23)cc1. The first-order chi connectivity index (χ1) is 20.9. The van der Waals surface area contributed by atoms with Gasteiger partial charge in [0.1, 0.15) is 0 Å². The molecule has 0 nitrogen and oxygen atoms in total. The van der Waals surface area contributed by atoms with Crippen molar-refractivity contribution in [3.8, 4) is 44.5 Å². The minimum Gasteiger partial charge on any atom is -0.0622 e. The predicted octanol–water partition coefficient (Wildman–Crippen LogP) is 11.1. The van der Waals surface area contributed by atoms with E-state index in [9.17, 15) is 0 Å². The Morgan fingerprint density at radius 1 is 0.205 bits per heavy atom. The van der Waals surface area contributed by atoms with Crippen molar-refractivity contribution in [3.05, 3.63) is 170 Å². The normalized spacial score (nSPS) is 10.8. The predicted molar refractivity (Wildman–Crippen MR) is 192 cm³/mol. The molecule has 0 atom stereocenters. The van der Waals surface area contributed by atoms with Crippen molar-refractivity contribution in [2.75, 3.05) is 0 Å². The van der Waals surface area contributed by atoms with Crippen molar-refractivity contribution in [2.45, 2.75) is 0 Å². The minimum atomic E-state index is 0. The van der Waals surface area contributed by atoms with Crippen molar-refractivity contribution >= 4 is 135 Å². The minimum absolute atomic E-state index is 0. The van der Waals surface area contributed by atoms with Crippen LogP contribution in [0.4, 0.5) is 0 Å². The molecule has 0 saturated carbocycles. The van der Waals surface area contributed by atoms with E-state index in [0.717, 1.165) is 0 Å². The molecule has 0 fully saturated rings. The fraction of sp³-hybridized carbons (Fsp3) is 0. The molecule has 0 spiro atoms. The van der Waals surface area contributed by atoms with Gasteiger partial charge in [0.15, 0.2) is 0 Å². The second kappa shape index (κ2) is 14.1. The molecule has 0 bridgehead atoms. The maximum Gasteiger partial charge on any atom is 0 e. The van der Waals surface area contributed by atoms with Crippen molar-refractivity contribution in [2.24, 2.45) is 0 Å². The van der Waals surface area contributed by atoms with E-state index < -0.39 is 0 Å². The van der Waals surface area contributed by atoms with Gasteiger partial charge in [-0.1, -0.05) is 170 Å². The Morgan fingerprint density at radius 3 is 0.591 bits per heavy atom. The molecule has 2 heteroatoms. The molecule has 0 heterocycles. The van der Waals surface area contributed by atoms with Gasteiger partial charge in [-0.15, -0.1) is 0 Å². The van der Waals surface area contributed by atoms with Crippen LogP contribution in [0.3, 0.4) is 0 Å². The van der Waals surface area contributed by atoms with Crippen LogP contribution in [0, 0.1) is 0 Å². The maximum atomic E-state index is 2.30. The quantitative estimate of drug-likeness (QED) is 0.137. The topological polar surface area (TPSA) is 0 Å². The Hall–Kier alpha value is -2.19. The molecule has 2 radical (unpaired) electrons. The summed E-state index contributed by atoms with van der Waals surface area (Å²) in [5, 5.41) is 7.65. The van der Waals surface area contributed by atoms with Gasteiger partial charge in [0.05, 0.1) is 0 Å². The summed E-state index contributed by atoms with van der Waals surface area (Å²) in [4.78, 5) is 0. The third kappa shape index (κ3) is 5.57. The van der Waals surface area contributed by atoms with Crippen LogP contribution < -0.4 is 0 Å². The second-order valence-electron chi connectivity index (χ2n) is 10.8. The monoisotopic (exact) mass is 610 g/mol. The Bertz CT molecular complexity index is 1890. The number of hydrogen-bond donors (Lipinski definition) is 0. The largest absolute Gasteiger partial charge is 0.0622 e. The molecule has 198 valence electrons. The molecule has 8 aromatic carbocycles. The number of rotatable bonds is 4. The van der Waals surface area contributed by atoms with Gasteiger partial charge in [0.25, 0.3) is 0 Å². The van der Waals surface area contributed by atoms with E-state index in [1.165, 1.54) is 76.8 Å². The zero-order valence-corrected chi connectivity index (χ0v) is 31.4. The molecule has 0 N–H and O–H groups in total. The average Bonchev–Trinajstić information content (AvgIpc) is 3.07. The summed E-state index contributed by atoms with van der Waals surface area (Å²) >= 11 is 0. The van der Waals surface area contributed by atoms with Crippen LogP contribution in [0.2, 0.25) is 0 Å². The van der Waals surface area contributed by atoms with Gasteiger partial charge < -0.3 is 0 Å². The molecule has 0 saturated heterocycles. The molecule has 0 aliphatic heterocycles. The van der Waals surface area contributed by atoms with Gasteiger partial charge in [-0.25, -0.2) is 0 Å². The number of benzene rings is 8. The van der Waals surface area contributed by atoms with Crippen molar-refractivity contribution in [1.82, 2.24) is 0 Å². The van der Waals surface area contributed by atoms with E-state index in [1.54, 1.807) is 0 Å². The van der Waals surface area contributed by atoms with Crippen LogP contribution in [0.5, 0.6) is 0 Å². The summed E-state index contributed by atoms with van der Waals surface area (Å²) in [5.41, 5.74) is 10.0. The zero-order chi connectivity index (χ0) is 27.9. The average molecular weight is 611 g/mol. The first kappa shape index (κ1) is 31.8. The molecular weight excluding hydrogens is 583 g/mol. The molecule has 44 heavy (non-hydrogen) atoms. The molecule has 0 aliphatic carbocycles. The Kier molecular flexibility index (Phi) is 10.2. The molecule has 0 amide bonds. The Balaban J connectivity index is 0.00000171. The first-order valence-electron chi connectivity index (χ1n) is 14.5. The summed E-state index contributed by atoms with van der Waals surface area (Å²) in [7, 11) is 0. The van der Waals surface area contributed by atoms with Gasteiger partial charge >= 0.3 is 0 Å². The summed E-state index contributed by atoms with van der Waals surface area (Å²) in [6, 6.07) is 61.7.